The second-order valence-electron chi connectivity index (χ2n) is 13.2. The largest absolute Gasteiger partial charge is 0.490 e. The maximum atomic E-state index is 14.4. The first-order chi connectivity index (χ1) is 22.9. The number of hydrogen-bond donors (Lipinski definition) is 3. The number of fused-ring (bicyclic) bond motifs is 1. The van der Waals surface area contributed by atoms with Crippen molar-refractivity contribution in [2.45, 2.75) is 101 Å². The Morgan fingerprint density at radius 1 is 1.06 bits per heavy atom. The summed E-state index contributed by atoms with van der Waals surface area (Å²) in [7, 11) is -2.22. The van der Waals surface area contributed by atoms with Gasteiger partial charge in [-0.05, 0) is 88.4 Å². The van der Waals surface area contributed by atoms with Crippen LogP contribution in [0.1, 0.15) is 82.5 Å². The number of anilines is 1. The van der Waals surface area contributed by atoms with Crippen LogP contribution in [0.15, 0.2) is 47.4 Å². The summed E-state index contributed by atoms with van der Waals surface area (Å²) in [6.07, 6.45) is 7.14. The van der Waals surface area contributed by atoms with E-state index in [9.17, 15) is 23.1 Å². The Bertz CT molecular complexity index is 1470. The predicted octanol–water partition coefficient (Wildman–Crippen LogP) is 5.91. The summed E-state index contributed by atoms with van der Waals surface area (Å²) < 4.78 is 41.6. The van der Waals surface area contributed by atoms with E-state index in [4.69, 9.17) is 21.1 Å². The number of halogens is 1. The van der Waals surface area contributed by atoms with Gasteiger partial charge in [0, 0.05) is 49.4 Å². The molecule has 2 aromatic carbocycles. The van der Waals surface area contributed by atoms with Gasteiger partial charge in [0.1, 0.15) is 5.75 Å². The highest BCUT2D eigenvalue weighted by Crippen LogP contribution is 2.30. The van der Waals surface area contributed by atoms with Gasteiger partial charge in [0.15, 0.2) is 0 Å². The zero-order valence-electron chi connectivity index (χ0n) is 28.5. The maximum absolute atomic E-state index is 14.4. The van der Waals surface area contributed by atoms with Gasteiger partial charge >= 0.3 is 6.03 Å². The van der Waals surface area contributed by atoms with Crippen LogP contribution in [0.4, 0.5) is 10.5 Å². The molecule has 1 fully saturated rings. The van der Waals surface area contributed by atoms with Crippen LogP contribution in [0.5, 0.6) is 5.75 Å². The van der Waals surface area contributed by atoms with E-state index in [2.05, 4.69) is 10.0 Å². The first-order valence-corrected chi connectivity index (χ1v) is 18.9. The second kappa shape index (κ2) is 17.6. The van der Waals surface area contributed by atoms with E-state index in [1.807, 2.05) is 13.8 Å². The summed E-state index contributed by atoms with van der Waals surface area (Å²) >= 11 is 5.95. The SMILES string of the molecule is C[C@@H]1CN([C@H](C)CO)C(=O)c2cc(NS(=O)(=O)c3ccc(Cl)cc3)ccc2O[C@@H](C)CCCCO[C@@H]1CN(C)C(=O)NC1CCCCC1. The fraction of sp³-hybridized carbons (Fsp3) is 0.600. The zero-order chi connectivity index (χ0) is 34.8. The summed E-state index contributed by atoms with van der Waals surface area (Å²) in [5, 5.41) is 13.8. The molecule has 2 aliphatic rings. The molecule has 48 heavy (non-hydrogen) atoms. The fourth-order valence-corrected chi connectivity index (χ4v) is 7.34. The lowest BCUT2D eigenvalue weighted by molar-refractivity contribution is -0.0123. The second-order valence-corrected chi connectivity index (χ2v) is 15.4. The Hall–Kier alpha value is -3.06. The van der Waals surface area contributed by atoms with E-state index in [-0.39, 0.29) is 59.5 Å². The third kappa shape index (κ3) is 10.5. The third-order valence-corrected chi connectivity index (χ3v) is 10.8. The van der Waals surface area contributed by atoms with Gasteiger partial charge in [0.05, 0.1) is 35.3 Å². The summed E-state index contributed by atoms with van der Waals surface area (Å²) in [5.41, 5.74) is 0.357. The van der Waals surface area contributed by atoms with E-state index in [1.54, 1.807) is 35.9 Å². The number of aliphatic hydroxyl groups excluding tert-OH is 1. The Morgan fingerprint density at radius 3 is 2.44 bits per heavy atom. The van der Waals surface area contributed by atoms with E-state index >= 15 is 0 Å². The van der Waals surface area contributed by atoms with Crippen LogP contribution in [0.25, 0.3) is 0 Å². The number of nitrogens with one attached hydrogen (secondary N) is 2. The molecule has 0 unspecified atom stereocenters. The first kappa shape index (κ1) is 37.8. The van der Waals surface area contributed by atoms with Crippen molar-refractivity contribution in [1.82, 2.24) is 15.1 Å². The van der Waals surface area contributed by atoms with Crippen LogP contribution in [0.3, 0.4) is 0 Å². The molecule has 1 aliphatic heterocycles. The topological polar surface area (TPSA) is 138 Å². The standard InChI is InChI=1S/C35H51ClN4O7S/c1-24-21-40(25(2)23-41)34(42)31-20-29(38-48(44,45)30-16-13-27(36)14-17-30)15-18-32(31)47-26(3)10-8-9-19-46-33(24)22-39(4)35(43)37-28-11-6-5-7-12-28/h13-18,20,24-26,28,33,38,41H,5-12,19,21-23H2,1-4H3,(H,37,43)/t24-,25-,26+,33-/m1/s1. The summed E-state index contributed by atoms with van der Waals surface area (Å²) in [6.45, 7) is 6.42. The van der Waals surface area contributed by atoms with Gasteiger partial charge in [-0.1, -0.05) is 37.8 Å². The molecule has 0 aromatic heterocycles. The average molecular weight is 707 g/mol. The highest BCUT2D eigenvalue weighted by molar-refractivity contribution is 7.92. The molecular weight excluding hydrogens is 656 g/mol. The van der Waals surface area contributed by atoms with Crippen molar-refractivity contribution in [1.29, 1.82) is 0 Å². The maximum Gasteiger partial charge on any atom is 0.317 e. The molecule has 4 atom stereocenters. The lowest BCUT2D eigenvalue weighted by Gasteiger charge is -2.36. The van der Waals surface area contributed by atoms with Crippen molar-refractivity contribution < 1.29 is 32.6 Å². The average Bonchev–Trinajstić information content (AvgIpc) is 3.06. The number of nitrogens with zero attached hydrogens (tertiary/aromatic N) is 2. The normalized spacial score (nSPS) is 22.5. The molecule has 4 rings (SSSR count). The Morgan fingerprint density at radius 2 is 1.75 bits per heavy atom. The quantitative estimate of drug-likeness (QED) is 0.310. The van der Waals surface area contributed by atoms with Crippen LogP contribution < -0.4 is 14.8 Å². The molecule has 13 heteroatoms. The first-order valence-electron chi connectivity index (χ1n) is 17.0. The predicted molar refractivity (Wildman–Crippen MR) is 187 cm³/mol. The van der Waals surface area contributed by atoms with Gasteiger partial charge in [0.25, 0.3) is 15.9 Å². The Balaban J connectivity index is 1.61. The number of hydrogen-bond acceptors (Lipinski definition) is 7. The van der Waals surface area contributed by atoms with Crippen molar-refractivity contribution in [2.75, 3.05) is 38.1 Å². The van der Waals surface area contributed by atoms with Crippen LogP contribution in [0.2, 0.25) is 5.02 Å². The number of sulfonamides is 1. The van der Waals surface area contributed by atoms with Gasteiger partial charge in [-0.25, -0.2) is 13.2 Å². The minimum absolute atomic E-state index is 0.0240. The number of likely N-dealkylation sites (N-methyl/N-ethyl adjacent to an activating group) is 1. The lowest BCUT2D eigenvalue weighted by Crippen LogP contribution is -2.50. The fourth-order valence-electron chi connectivity index (χ4n) is 6.16. The molecule has 11 nitrogen and oxygen atoms in total. The number of amides is 3. The zero-order valence-corrected chi connectivity index (χ0v) is 30.1. The lowest BCUT2D eigenvalue weighted by atomic mass is 9.96. The number of rotatable bonds is 8. The highest BCUT2D eigenvalue weighted by Gasteiger charge is 2.31. The summed E-state index contributed by atoms with van der Waals surface area (Å²) in [5.74, 6) is -0.309. The highest BCUT2D eigenvalue weighted by atomic mass is 35.5. The molecule has 1 heterocycles. The van der Waals surface area contributed by atoms with Crippen LogP contribution in [-0.2, 0) is 14.8 Å². The Kier molecular flexibility index (Phi) is 13.8. The third-order valence-electron chi connectivity index (χ3n) is 9.16. The molecule has 266 valence electrons. The minimum Gasteiger partial charge on any atom is -0.490 e. The van der Waals surface area contributed by atoms with E-state index in [0.717, 1.165) is 38.5 Å². The number of ether oxygens (including phenoxy) is 2. The van der Waals surface area contributed by atoms with Crippen molar-refractivity contribution in [3.8, 4) is 5.75 Å². The smallest absolute Gasteiger partial charge is 0.317 e. The van der Waals surface area contributed by atoms with Gasteiger partial charge in [-0.3, -0.25) is 9.52 Å². The molecule has 1 aliphatic carbocycles. The van der Waals surface area contributed by atoms with E-state index in [0.29, 0.717) is 30.3 Å². The molecule has 0 bridgehead atoms. The molecule has 0 spiro atoms. The molecule has 3 amide bonds. The molecule has 2 aromatic rings. The summed E-state index contributed by atoms with van der Waals surface area (Å²) in [6, 6.07) is 9.91. The van der Waals surface area contributed by atoms with E-state index in [1.165, 1.54) is 36.8 Å². The van der Waals surface area contributed by atoms with Gasteiger partial charge in [-0.2, -0.15) is 0 Å². The van der Waals surface area contributed by atoms with E-state index < -0.39 is 22.0 Å². The van der Waals surface area contributed by atoms with Gasteiger partial charge in [-0.15, -0.1) is 0 Å². The van der Waals surface area contributed by atoms with Crippen LogP contribution in [-0.4, -0.2) is 92.9 Å². The number of carbonyl (C=O) groups excluding carboxylic acids is 2. The molecular formula is C35H51ClN4O7S. The number of carbonyl (C=O) groups is 2. The van der Waals surface area contributed by atoms with Crippen LogP contribution in [0, 0.1) is 5.92 Å². The Labute approximate surface area is 290 Å². The molecule has 0 radical (unpaired) electrons. The number of benzene rings is 2. The minimum atomic E-state index is -3.98. The monoisotopic (exact) mass is 706 g/mol. The van der Waals surface area contributed by atoms with Crippen molar-refractivity contribution in [3.63, 3.8) is 0 Å². The molecule has 0 saturated heterocycles. The van der Waals surface area contributed by atoms with Crippen molar-refractivity contribution in [3.05, 3.63) is 53.1 Å². The van der Waals surface area contributed by atoms with Crippen molar-refractivity contribution >= 4 is 39.2 Å². The molecule has 3 N–H and O–H groups in total. The number of urea groups is 1. The van der Waals surface area contributed by atoms with Gasteiger partial charge < -0.3 is 29.7 Å². The number of aliphatic hydroxyl groups is 1. The molecule has 1 saturated carbocycles. The van der Waals surface area contributed by atoms with Gasteiger partial charge in [0.2, 0.25) is 0 Å². The summed E-state index contributed by atoms with van der Waals surface area (Å²) in [4.78, 5) is 30.7. The van der Waals surface area contributed by atoms with Crippen LogP contribution >= 0.6 is 11.6 Å². The van der Waals surface area contributed by atoms with Crippen molar-refractivity contribution in [2.24, 2.45) is 5.92 Å².